The average Bonchev–Trinajstić information content (AvgIpc) is 2.77. The van der Waals surface area contributed by atoms with E-state index in [1.165, 1.54) is 0 Å². The van der Waals surface area contributed by atoms with E-state index in [4.69, 9.17) is 0 Å². The van der Waals surface area contributed by atoms with Crippen LogP contribution in [0.15, 0.2) is 54.7 Å². The first-order valence-corrected chi connectivity index (χ1v) is 5.00. The third-order valence-corrected chi connectivity index (χ3v) is 2.26. The zero-order valence-electron chi connectivity index (χ0n) is 9.05. The molecule has 0 aliphatic rings. The number of ketones is 1. The monoisotopic (exact) mass is 212 g/mol. The average molecular weight is 212 g/mol. The van der Waals surface area contributed by atoms with Gasteiger partial charge in [0, 0.05) is 0 Å². The Balaban J connectivity index is 2.48. The Kier molecular flexibility index (Phi) is 2.68. The van der Waals surface area contributed by atoms with Gasteiger partial charge in [-0.2, -0.15) is 5.10 Å². The lowest BCUT2D eigenvalue weighted by Gasteiger charge is -2.05. The molecule has 0 bridgehead atoms. The highest BCUT2D eigenvalue weighted by Gasteiger charge is 2.13. The molecule has 1 aromatic carbocycles. The molecule has 1 aromatic heterocycles. The number of allylic oxidation sites excluding steroid dienone is 1. The Labute approximate surface area is 94.0 Å². The van der Waals surface area contributed by atoms with Gasteiger partial charge < -0.3 is 0 Å². The summed E-state index contributed by atoms with van der Waals surface area (Å²) in [6.07, 6.45) is 1.61. The van der Waals surface area contributed by atoms with Crippen molar-refractivity contribution in [2.45, 2.75) is 6.92 Å². The number of nitrogens with zero attached hydrogens (tertiary/aromatic N) is 2. The first kappa shape index (κ1) is 10.4. The van der Waals surface area contributed by atoms with Crippen molar-refractivity contribution in [3.63, 3.8) is 0 Å². The lowest BCUT2D eigenvalue weighted by molar-refractivity contribution is 0.102. The van der Waals surface area contributed by atoms with E-state index in [1.807, 2.05) is 30.3 Å². The summed E-state index contributed by atoms with van der Waals surface area (Å²) in [5.41, 5.74) is 1.92. The predicted octanol–water partition coefficient (Wildman–Crippen LogP) is 2.63. The smallest absolute Gasteiger partial charge is 0.206 e. The number of carbonyl (C=O) groups is 1. The van der Waals surface area contributed by atoms with E-state index < -0.39 is 0 Å². The zero-order chi connectivity index (χ0) is 11.5. The quantitative estimate of drug-likeness (QED) is 0.579. The van der Waals surface area contributed by atoms with Gasteiger partial charge in [-0.05, 0) is 30.7 Å². The van der Waals surface area contributed by atoms with Gasteiger partial charge in [-0.1, -0.05) is 24.8 Å². The molecule has 0 unspecified atom stereocenters. The van der Waals surface area contributed by atoms with Crippen LogP contribution in [0, 0.1) is 0 Å². The number of hydrogen-bond donors (Lipinski definition) is 0. The second-order valence-corrected chi connectivity index (χ2v) is 3.57. The molecule has 0 N–H and O–H groups in total. The number of carbonyl (C=O) groups excluding carboxylic acids is 1. The first-order chi connectivity index (χ1) is 7.70. The minimum atomic E-state index is -0.0821. The van der Waals surface area contributed by atoms with E-state index >= 15 is 0 Å². The van der Waals surface area contributed by atoms with E-state index in [2.05, 4.69) is 11.7 Å². The largest absolute Gasteiger partial charge is 0.287 e. The van der Waals surface area contributed by atoms with Crippen LogP contribution in [0.25, 0.3) is 5.69 Å². The van der Waals surface area contributed by atoms with Gasteiger partial charge in [0.1, 0.15) is 5.69 Å². The number of para-hydroxylation sites is 1. The van der Waals surface area contributed by atoms with E-state index in [1.54, 1.807) is 23.9 Å². The van der Waals surface area contributed by atoms with Crippen LogP contribution in [0.4, 0.5) is 0 Å². The molecule has 0 radical (unpaired) electrons. The van der Waals surface area contributed by atoms with E-state index in [0.29, 0.717) is 11.3 Å². The Morgan fingerprint density at radius 3 is 2.56 bits per heavy atom. The minimum absolute atomic E-state index is 0.0821. The van der Waals surface area contributed by atoms with Gasteiger partial charge >= 0.3 is 0 Å². The topological polar surface area (TPSA) is 34.9 Å². The molecular formula is C13H12N2O. The van der Waals surface area contributed by atoms with E-state index in [9.17, 15) is 4.79 Å². The molecule has 0 saturated carbocycles. The maximum Gasteiger partial charge on any atom is 0.206 e. The molecule has 3 nitrogen and oxygen atoms in total. The van der Waals surface area contributed by atoms with Crippen LogP contribution < -0.4 is 0 Å². The molecule has 0 fully saturated rings. The normalized spacial score (nSPS) is 10.1. The van der Waals surface area contributed by atoms with Crippen LogP contribution in [0.1, 0.15) is 17.4 Å². The van der Waals surface area contributed by atoms with Gasteiger partial charge in [0.25, 0.3) is 0 Å². The number of aromatic nitrogens is 2. The second-order valence-electron chi connectivity index (χ2n) is 3.57. The molecular weight excluding hydrogens is 200 g/mol. The van der Waals surface area contributed by atoms with Crippen LogP contribution in [0.5, 0.6) is 0 Å². The van der Waals surface area contributed by atoms with Crippen molar-refractivity contribution in [2.75, 3.05) is 0 Å². The molecule has 2 rings (SSSR count). The second kappa shape index (κ2) is 4.14. The van der Waals surface area contributed by atoms with Crippen LogP contribution in [0.3, 0.4) is 0 Å². The van der Waals surface area contributed by atoms with Crippen LogP contribution in [0.2, 0.25) is 0 Å². The molecule has 0 amide bonds. The molecule has 0 saturated heterocycles. The standard InChI is InChI=1S/C13H12N2O/c1-10(2)13(16)12-8-9-14-15(12)11-6-4-3-5-7-11/h3-9H,1H2,2H3. The maximum absolute atomic E-state index is 11.8. The molecule has 3 heteroatoms. The van der Waals surface area contributed by atoms with Gasteiger partial charge in [-0.3, -0.25) is 4.79 Å². The Morgan fingerprint density at radius 1 is 1.25 bits per heavy atom. The van der Waals surface area contributed by atoms with Gasteiger partial charge in [-0.15, -0.1) is 0 Å². The van der Waals surface area contributed by atoms with Crippen LogP contribution in [-0.4, -0.2) is 15.6 Å². The molecule has 0 aliphatic heterocycles. The highest BCUT2D eigenvalue weighted by atomic mass is 16.1. The maximum atomic E-state index is 11.8. The minimum Gasteiger partial charge on any atom is -0.287 e. The first-order valence-electron chi connectivity index (χ1n) is 5.00. The number of Topliss-reactive ketones (excluding diaryl/α,β-unsaturated/α-hetero) is 1. The zero-order valence-corrected chi connectivity index (χ0v) is 9.05. The van der Waals surface area contributed by atoms with Crippen molar-refractivity contribution in [2.24, 2.45) is 0 Å². The number of rotatable bonds is 3. The molecule has 2 aromatic rings. The summed E-state index contributed by atoms with van der Waals surface area (Å²) < 4.78 is 1.62. The summed E-state index contributed by atoms with van der Waals surface area (Å²) in [7, 11) is 0. The summed E-state index contributed by atoms with van der Waals surface area (Å²) in [5, 5.41) is 4.14. The summed E-state index contributed by atoms with van der Waals surface area (Å²) in [4.78, 5) is 11.8. The SMILES string of the molecule is C=C(C)C(=O)c1ccnn1-c1ccccc1. The Hall–Kier alpha value is -2.16. The third-order valence-electron chi connectivity index (χ3n) is 2.26. The predicted molar refractivity (Wildman–Crippen MR) is 62.7 cm³/mol. The summed E-state index contributed by atoms with van der Waals surface area (Å²) in [5.74, 6) is -0.0821. The highest BCUT2D eigenvalue weighted by molar-refractivity contribution is 6.07. The van der Waals surface area contributed by atoms with Crippen molar-refractivity contribution in [3.05, 3.63) is 60.4 Å². The van der Waals surface area contributed by atoms with Crippen molar-refractivity contribution < 1.29 is 4.79 Å². The van der Waals surface area contributed by atoms with Crippen molar-refractivity contribution >= 4 is 5.78 Å². The molecule has 16 heavy (non-hydrogen) atoms. The van der Waals surface area contributed by atoms with Crippen LogP contribution >= 0.6 is 0 Å². The summed E-state index contributed by atoms with van der Waals surface area (Å²) in [6.45, 7) is 5.35. The van der Waals surface area contributed by atoms with Gasteiger partial charge in [0.15, 0.2) is 0 Å². The Morgan fingerprint density at radius 2 is 1.94 bits per heavy atom. The highest BCUT2D eigenvalue weighted by Crippen LogP contribution is 2.12. The lowest BCUT2D eigenvalue weighted by Crippen LogP contribution is -2.09. The third kappa shape index (κ3) is 1.80. The van der Waals surface area contributed by atoms with Crippen molar-refractivity contribution in [1.82, 2.24) is 9.78 Å². The molecule has 1 heterocycles. The summed E-state index contributed by atoms with van der Waals surface area (Å²) in [6, 6.07) is 11.2. The number of hydrogen-bond acceptors (Lipinski definition) is 2. The Bertz CT molecular complexity index is 526. The molecule has 0 aliphatic carbocycles. The number of benzene rings is 1. The van der Waals surface area contributed by atoms with Crippen molar-refractivity contribution in [3.8, 4) is 5.69 Å². The molecule has 80 valence electrons. The van der Waals surface area contributed by atoms with E-state index in [-0.39, 0.29) is 5.78 Å². The molecule has 0 atom stereocenters. The lowest BCUT2D eigenvalue weighted by atomic mass is 10.1. The fraction of sp³-hybridized carbons (Fsp3) is 0.0769. The fourth-order valence-electron chi connectivity index (χ4n) is 1.47. The summed E-state index contributed by atoms with van der Waals surface area (Å²) >= 11 is 0. The van der Waals surface area contributed by atoms with E-state index in [0.717, 1.165) is 5.69 Å². The van der Waals surface area contributed by atoms with Gasteiger partial charge in [0.05, 0.1) is 11.9 Å². The van der Waals surface area contributed by atoms with Gasteiger partial charge in [-0.25, -0.2) is 4.68 Å². The van der Waals surface area contributed by atoms with Crippen LogP contribution in [-0.2, 0) is 0 Å². The molecule has 0 spiro atoms. The van der Waals surface area contributed by atoms with Gasteiger partial charge in [0.2, 0.25) is 5.78 Å². The van der Waals surface area contributed by atoms with Crippen molar-refractivity contribution in [1.29, 1.82) is 0 Å². The fourth-order valence-corrected chi connectivity index (χ4v) is 1.47.